The summed E-state index contributed by atoms with van der Waals surface area (Å²) in [6.45, 7) is 9.78. The molecule has 0 unspecified atom stereocenters. The highest BCUT2D eigenvalue weighted by Gasteiger charge is 1.97. The Bertz CT molecular complexity index is 346. The van der Waals surface area contributed by atoms with Gasteiger partial charge in [0.25, 0.3) is 0 Å². The number of rotatable bonds is 3. The van der Waals surface area contributed by atoms with Crippen LogP contribution in [-0.4, -0.2) is 9.78 Å². The molecule has 0 aliphatic heterocycles. The average Bonchev–Trinajstić information content (AvgIpc) is 2.68. The molecule has 1 aromatic rings. The summed E-state index contributed by atoms with van der Waals surface area (Å²) >= 11 is 0. The minimum absolute atomic E-state index is 0.593. The average molecular weight is 205 g/mol. The smallest absolute Gasteiger partial charge is 0.127 e. The Morgan fingerprint density at radius 2 is 2.13 bits per heavy atom. The number of nitrogen functional groups attached to an aromatic ring is 1. The molecule has 3 heteroatoms. The van der Waals surface area contributed by atoms with Gasteiger partial charge in [0, 0.05) is 6.07 Å². The highest BCUT2D eigenvalue weighted by molar-refractivity contribution is 5.58. The summed E-state index contributed by atoms with van der Waals surface area (Å²) < 4.78 is 1.58. The summed E-state index contributed by atoms with van der Waals surface area (Å²) in [7, 11) is 0. The number of allylic oxidation sites excluding steroid dienone is 5. The lowest BCUT2D eigenvalue weighted by atomic mass is 10.4. The number of nitrogens with two attached hydrogens (primary N) is 1. The minimum atomic E-state index is 0.593. The van der Waals surface area contributed by atoms with Gasteiger partial charge in [-0.2, -0.15) is 5.10 Å². The second-order valence-electron chi connectivity index (χ2n) is 2.54. The van der Waals surface area contributed by atoms with Gasteiger partial charge in [0.1, 0.15) is 5.82 Å². The zero-order valence-corrected chi connectivity index (χ0v) is 9.64. The van der Waals surface area contributed by atoms with Gasteiger partial charge in [-0.05, 0) is 13.0 Å². The van der Waals surface area contributed by atoms with E-state index in [4.69, 9.17) is 5.73 Å². The van der Waals surface area contributed by atoms with E-state index in [9.17, 15) is 0 Å². The highest BCUT2D eigenvalue weighted by atomic mass is 15.3. The molecule has 1 aromatic heterocycles. The van der Waals surface area contributed by atoms with Gasteiger partial charge in [0.2, 0.25) is 0 Å². The van der Waals surface area contributed by atoms with Gasteiger partial charge in [0.05, 0.1) is 11.9 Å². The first-order valence-electron chi connectivity index (χ1n) is 5.04. The Morgan fingerprint density at radius 3 is 2.60 bits per heavy atom. The second-order valence-corrected chi connectivity index (χ2v) is 2.54. The van der Waals surface area contributed by atoms with Crippen molar-refractivity contribution in [2.75, 3.05) is 5.73 Å². The highest BCUT2D eigenvalue weighted by Crippen LogP contribution is 2.08. The number of aromatic nitrogens is 2. The maximum absolute atomic E-state index is 5.63. The van der Waals surface area contributed by atoms with Crippen molar-refractivity contribution in [1.29, 1.82) is 0 Å². The summed E-state index contributed by atoms with van der Waals surface area (Å²) in [4.78, 5) is 0. The van der Waals surface area contributed by atoms with Crippen LogP contribution < -0.4 is 5.73 Å². The van der Waals surface area contributed by atoms with E-state index in [1.165, 1.54) is 0 Å². The Morgan fingerprint density at radius 1 is 1.47 bits per heavy atom. The van der Waals surface area contributed by atoms with Crippen LogP contribution in [0.25, 0.3) is 5.70 Å². The molecule has 0 radical (unpaired) electrons. The van der Waals surface area contributed by atoms with Crippen molar-refractivity contribution in [3.8, 4) is 0 Å². The fourth-order valence-electron chi connectivity index (χ4n) is 0.902. The Balaban J connectivity index is 0.000000921. The molecular formula is C12H19N3. The van der Waals surface area contributed by atoms with E-state index in [0.717, 1.165) is 5.70 Å². The lowest BCUT2D eigenvalue weighted by Crippen LogP contribution is -2.00. The van der Waals surface area contributed by atoms with Crippen LogP contribution in [-0.2, 0) is 0 Å². The van der Waals surface area contributed by atoms with Crippen LogP contribution in [0.3, 0.4) is 0 Å². The molecule has 0 atom stereocenters. The van der Waals surface area contributed by atoms with Crippen molar-refractivity contribution in [2.24, 2.45) is 0 Å². The summed E-state index contributed by atoms with van der Waals surface area (Å²) in [5, 5.41) is 4.01. The predicted molar refractivity (Wildman–Crippen MR) is 67.3 cm³/mol. The molecule has 0 saturated carbocycles. The van der Waals surface area contributed by atoms with Crippen molar-refractivity contribution >= 4 is 11.5 Å². The van der Waals surface area contributed by atoms with E-state index in [-0.39, 0.29) is 0 Å². The van der Waals surface area contributed by atoms with Crippen molar-refractivity contribution in [1.82, 2.24) is 9.78 Å². The number of anilines is 1. The van der Waals surface area contributed by atoms with Gasteiger partial charge >= 0.3 is 0 Å². The van der Waals surface area contributed by atoms with Crippen LogP contribution in [0.5, 0.6) is 0 Å². The lowest BCUT2D eigenvalue weighted by molar-refractivity contribution is 0.923. The first-order chi connectivity index (χ1) is 7.25. The summed E-state index contributed by atoms with van der Waals surface area (Å²) in [6.07, 6.45) is 9.25. The fraction of sp³-hybridized carbons (Fsp3) is 0.250. The maximum atomic E-state index is 5.63. The van der Waals surface area contributed by atoms with Gasteiger partial charge in [-0.3, -0.25) is 0 Å². The van der Waals surface area contributed by atoms with E-state index in [1.807, 2.05) is 45.1 Å². The Hall–Kier alpha value is -1.77. The zero-order valence-electron chi connectivity index (χ0n) is 9.64. The molecule has 1 rings (SSSR count). The second kappa shape index (κ2) is 7.62. The maximum Gasteiger partial charge on any atom is 0.127 e. The van der Waals surface area contributed by atoms with Gasteiger partial charge in [0.15, 0.2) is 0 Å². The molecule has 0 saturated heterocycles. The molecule has 82 valence electrons. The summed E-state index contributed by atoms with van der Waals surface area (Å²) in [6, 6.07) is 1.73. The van der Waals surface area contributed by atoms with E-state index in [1.54, 1.807) is 16.9 Å². The normalized spacial score (nSPS) is 10.3. The van der Waals surface area contributed by atoms with Crippen LogP contribution >= 0.6 is 0 Å². The van der Waals surface area contributed by atoms with Gasteiger partial charge in [-0.25, -0.2) is 4.68 Å². The molecule has 0 spiro atoms. The topological polar surface area (TPSA) is 43.8 Å². The Labute approximate surface area is 91.6 Å². The van der Waals surface area contributed by atoms with Gasteiger partial charge in [-0.1, -0.05) is 38.7 Å². The first-order valence-corrected chi connectivity index (χ1v) is 5.04. The van der Waals surface area contributed by atoms with E-state index in [0.29, 0.717) is 5.82 Å². The Kier molecular flexibility index (Phi) is 6.72. The molecular weight excluding hydrogens is 186 g/mol. The van der Waals surface area contributed by atoms with E-state index in [2.05, 4.69) is 11.7 Å². The largest absolute Gasteiger partial charge is 0.384 e. The van der Waals surface area contributed by atoms with E-state index >= 15 is 0 Å². The lowest BCUT2D eigenvalue weighted by Gasteiger charge is -2.01. The molecule has 15 heavy (non-hydrogen) atoms. The fourth-order valence-corrected chi connectivity index (χ4v) is 0.902. The van der Waals surface area contributed by atoms with E-state index < -0.39 is 0 Å². The molecule has 0 aromatic carbocycles. The van der Waals surface area contributed by atoms with Gasteiger partial charge < -0.3 is 5.73 Å². The number of hydrogen-bond acceptors (Lipinski definition) is 2. The van der Waals surface area contributed by atoms with Crippen LogP contribution in [0.4, 0.5) is 5.82 Å². The molecule has 0 fully saturated rings. The van der Waals surface area contributed by atoms with Crippen molar-refractivity contribution in [3.05, 3.63) is 43.1 Å². The third kappa shape index (κ3) is 4.31. The third-order valence-corrected chi connectivity index (χ3v) is 1.54. The quantitative estimate of drug-likeness (QED) is 0.770. The molecule has 2 N–H and O–H groups in total. The predicted octanol–water partition coefficient (Wildman–Crippen LogP) is 3.09. The van der Waals surface area contributed by atoms with Gasteiger partial charge in [-0.15, -0.1) is 0 Å². The van der Waals surface area contributed by atoms with Crippen molar-refractivity contribution in [3.63, 3.8) is 0 Å². The summed E-state index contributed by atoms with van der Waals surface area (Å²) in [5.41, 5.74) is 6.38. The minimum Gasteiger partial charge on any atom is -0.384 e. The molecule has 0 bridgehead atoms. The van der Waals surface area contributed by atoms with Crippen molar-refractivity contribution < 1.29 is 0 Å². The standard InChI is InChI=1S/C10H13N3.C2H6/c1-3-4-5-6-9(2)13-10(11)7-8-12-13;1-2/h3-8H,2,11H2,1H3;1-2H3/b4-3-,6-5-;. The van der Waals surface area contributed by atoms with Crippen LogP contribution in [0.15, 0.2) is 43.1 Å². The number of nitrogens with zero attached hydrogens (tertiary/aromatic N) is 2. The van der Waals surface area contributed by atoms with Crippen LogP contribution in [0.1, 0.15) is 20.8 Å². The van der Waals surface area contributed by atoms with Crippen molar-refractivity contribution in [2.45, 2.75) is 20.8 Å². The molecule has 0 aliphatic rings. The SMILES string of the molecule is C=C(/C=C\C=C/C)n1nccc1N.CC. The third-order valence-electron chi connectivity index (χ3n) is 1.54. The zero-order chi connectivity index (χ0) is 11.7. The molecule has 1 heterocycles. The molecule has 0 aliphatic carbocycles. The molecule has 0 amide bonds. The monoisotopic (exact) mass is 205 g/mol. The molecule has 3 nitrogen and oxygen atoms in total. The number of hydrogen-bond donors (Lipinski definition) is 1. The first kappa shape index (κ1) is 13.2. The van der Waals surface area contributed by atoms with Crippen LogP contribution in [0.2, 0.25) is 0 Å². The summed E-state index contributed by atoms with van der Waals surface area (Å²) in [5.74, 6) is 0.593. The van der Waals surface area contributed by atoms with Crippen LogP contribution in [0, 0.1) is 0 Å².